The Bertz CT molecular complexity index is 491. The van der Waals surface area contributed by atoms with Crippen LogP contribution in [0.25, 0.3) is 0 Å². The van der Waals surface area contributed by atoms with Gasteiger partial charge in [-0.1, -0.05) is 18.2 Å². The van der Waals surface area contributed by atoms with Crippen LogP contribution in [0.5, 0.6) is 0 Å². The lowest BCUT2D eigenvalue weighted by Gasteiger charge is -2.22. The van der Waals surface area contributed by atoms with Crippen molar-refractivity contribution < 1.29 is 18.3 Å². The van der Waals surface area contributed by atoms with Crippen LogP contribution in [0.3, 0.4) is 0 Å². The first-order chi connectivity index (χ1) is 7.36. The van der Waals surface area contributed by atoms with Gasteiger partial charge in [0, 0.05) is 6.54 Å². The second-order valence-corrected chi connectivity index (χ2v) is 5.42. The highest BCUT2D eigenvalue weighted by molar-refractivity contribution is 7.93. The summed E-state index contributed by atoms with van der Waals surface area (Å²) in [6, 6.07) is 7.11. The van der Waals surface area contributed by atoms with Crippen molar-refractivity contribution >= 4 is 28.2 Å². The molecule has 5 N–H and O–H groups in total. The second-order valence-electron chi connectivity index (χ2n) is 3.22. The van der Waals surface area contributed by atoms with Crippen molar-refractivity contribution in [3.8, 4) is 0 Å². The fourth-order valence-electron chi connectivity index (χ4n) is 1.12. The van der Waals surface area contributed by atoms with Gasteiger partial charge in [0.2, 0.25) is 14.7 Å². The van der Waals surface area contributed by atoms with Crippen molar-refractivity contribution in [1.82, 2.24) is 0 Å². The largest absolute Gasteiger partial charge is 0.479 e. The first-order valence-electron chi connectivity index (χ1n) is 4.38. The third-order valence-corrected chi connectivity index (χ3v) is 4.39. The molecule has 0 aliphatic rings. The smallest absolute Gasteiger partial charge is 0.341 e. The van der Waals surface area contributed by atoms with E-state index in [1.165, 1.54) is 24.3 Å². The topological polar surface area (TPSA) is 123 Å². The summed E-state index contributed by atoms with van der Waals surface area (Å²) < 4.78 is 23.9. The van der Waals surface area contributed by atoms with Gasteiger partial charge < -0.3 is 16.6 Å². The Morgan fingerprint density at radius 2 is 1.76 bits per heavy atom. The molecule has 0 aromatic heterocycles. The number of carboxylic acid groups (broad SMARTS) is 1. The van der Waals surface area contributed by atoms with E-state index in [-0.39, 0.29) is 17.3 Å². The molecule has 0 saturated heterocycles. The number of rotatable bonds is 4. The van der Waals surface area contributed by atoms with Gasteiger partial charge in [-0.25, -0.2) is 13.2 Å². The van der Waals surface area contributed by atoms with Gasteiger partial charge in [-0.15, -0.1) is 12.4 Å². The molecule has 0 bridgehead atoms. The van der Waals surface area contributed by atoms with Gasteiger partial charge in [0.25, 0.3) is 0 Å². The molecule has 0 fully saturated rings. The first-order valence-corrected chi connectivity index (χ1v) is 5.86. The number of benzene rings is 1. The Hall–Kier alpha value is -1.15. The quantitative estimate of drug-likeness (QED) is 0.688. The zero-order valence-corrected chi connectivity index (χ0v) is 10.4. The molecule has 1 aromatic rings. The Balaban J connectivity index is 0.00000256. The van der Waals surface area contributed by atoms with Crippen LogP contribution in [0.4, 0.5) is 0 Å². The maximum Gasteiger partial charge on any atom is 0.341 e. The highest BCUT2D eigenvalue weighted by atomic mass is 35.5. The van der Waals surface area contributed by atoms with E-state index in [1.807, 2.05) is 0 Å². The van der Waals surface area contributed by atoms with Crippen LogP contribution < -0.4 is 11.5 Å². The van der Waals surface area contributed by atoms with Crippen molar-refractivity contribution in [2.45, 2.75) is 9.77 Å². The Morgan fingerprint density at radius 1 is 1.29 bits per heavy atom. The SMILES string of the molecule is Cl.NCC(N)(C(=O)O)S(=O)(=O)c1ccccc1. The summed E-state index contributed by atoms with van der Waals surface area (Å²) in [6.07, 6.45) is 0. The summed E-state index contributed by atoms with van der Waals surface area (Å²) in [5, 5.41) is 8.85. The van der Waals surface area contributed by atoms with Crippen molar-refractivity contribution in [1.29, 1.82) is 0 Å². The van der Waals surface area contributed by atoms with Crippen LogP contribution in [0.2, 0.25) is 0 Å². The molecule has 96 valence electrons. The monoisotopic (exact) mass is 280 g/mol. The molecule has 0 spiro atoms. The highest BCUT2D eigenvalue weighted by Crippen LogP contribution is 2.20. The molecule has 1 rings (SSSR count). The molecule has 0 saturated carbocycles. The molecule has 8 heteroatoms. The predicted molar refractivity (Wildman–Crippen MR) is 64.5 cm³/mol. The minimum atomic E-state index is -4.20. The van der Waals surface area contributed by atoms with E-state index in [4.69, 9.17) is 16.6 Å². The average Bonchev–Trinajstić information content (AvgIpc) is 2.28. The van der Waals surface area contributed by atoms with E-state index in [2.05, 4.69) is 0 Å². The minimum Gasteiger partial charge on any atom is -0.479 e. The van der Waals surface area contributed by atoms with Crippen molar-refractivity contribution in [3.63, 3.8) is 0 Å². The second kappa shape index (κ2) is 5.46. The van der Waals surface area contributed by atoms with E-state index in [0.29, 0.717) is 0 Å². The molecule has 0 amide bonds. The lowest BCUT2D eigenvalue weighted by Crippen LogP contribution is -2.59. The van der Waals surface area contributed by atoms with Crippen molar-refractivity contribution in [2.24, 2.45) is 11.5 Å². The van der Waals surface area contributed by atoms with Crippen molar-refractivity contribution in [2.75, 3.05) is 6.54 Å². The number of hydrogen-bond donors (Lipinski definition) is 3. The van der Waals surface area contributed by atoms with E-state index in [0.717, 1.165) is 0 Å². The number of nitrogens with two attached hydrogens (primary N) is 2. The molecule has 17 heavy (non-hydrogen) atoms. The lowest BCUT2D eigenvalue weighted by atomic mass is 10.3. The zero-order valence-electron chi connectivity index (χ0n) is 8.74. The maximum absolute atomic E-state index is 11.9. The van der Waals surface area contributed by atoms with Crippen molar-refractivity contribution in [3.05, 3.63) is 30.3 Å². The zero-order chi connectivity index (χ0) is 12.4. The predicted octanol–water partition coefficient (Wildman–Crippen LogP) is -0.420. The fraction of sp³-hybridized carbons (Fsp3) is 0.222. The molecule has 1 atom stereocenters. The van der Waals surface area contributed by atoms with Crippen LogP contribution in [-0.4, -0.2) is 30.9 Å². The van der Waals surface area contributed by atoms with Crippen LogP contribution in [0, 0.1) is 0 Å². The molecule has 0 aliphatic carbocycles. The van der Waals surface area contributed by atoms with Gasteiger partial charge in [0.05, 0.1) is 4.90 Å². The van der Waals surface area contributed by atoms with E-state index < -0.39 is 27.2 Å². The van der Waals surface area contributed by atoms with Gasteiger partial charge in [-0.3, -0.25) is 0 Å². The molecule has 0 aliphatic heterocycles. The number of carbonyl (C=O) groups is 1. The number of aliphatic carboxylic acids is 1. The van der Waals surface area contributed by atoms with Crippen LogP contribution in [0.1, 0.15) is 0 Å². The first kappa shape index (κ1) is 15.9. The van der Waals surface area contributed by atoms with Gasteiger partial charge in [0.15, 0.2) is 0 Å². The van der Waals surface area contributed by atoms with E-state index in [9.17, 15) is 13.2 Å². The summed E-state index contributed by atoms with van der Waals surface area (Å²) in [4.78, 5) is 8.23. The molecular weight excluding hydrogens is 268 g/mol. The third kappa shape index (κ3) is 2.58. The number of hydrogen-bond acceptors (Lipinski definition) is 5. The summed E-state index contributed by atoms with van der Waals surface area (Å²) in [6.45, 7) is -0.695. The van der Waals surface area contributed by atoms with Gasteiger partial charge in [-0.2, -0.15) is 0 Å². The molecule has 0 heterocycles. The van der Waals surface area contributed by atoms with Crippen LogP contribution in [0.15, 0.2) is 35.2 Å². The molecule has 1 unspecified atom stereocenters. The Morgan fingerprint density at radius 3 is 2.12 bits per heavy atom. The van der Waals surface area contributed by atoms with Crippen LogP contribution in [-0.2, 0) is 14.6 Å². The van der Waals surface area contributed by atoms with E-state index >= 15 is 0 Å². The molecular formula is C9H13ClN2O4S. The highest BCUT2D eigenvalue weighted by Gasteiger charge is 2.47. The van der Waals surface area contributed by atoms with Crippen LogP contribution >= 0.6 is 12.4 Å². The molecule has 6 nitrogen and oxygen atoms in total. The van der Waals surface area contributed by atoms with Gasteiger partial charge >= 0.3 is 5.97 Å². The standard InChI is InChI=1S/C9H12N2O4S.ClH/c10-6-9(11,8(12)13)16(14,15)7-4-2-1-3-5-7;/h1-5H,6,10-11H2,(H,12,13);1H. The number of halogens is 1. The van der Waals surface area contributed by atoms with Gasteiger partial charge in [0.1, 0.15) is 0 Å². The maximum atomic E-state index is 11.9. The summed E-state index contributed by atoms with van der Waals surface area (Å²) in [5.74, 6) is -1.67. The summed E-state index contributed by atoms with van der Waals surface area (Å²) in [5.41, 5.74) is 10.5. The van der Waals surface area contributed by atoms with E-state index in [1.54, 1.807) is 6.07 Å². The minimum absolute atomic E-state index is 0. The average molecular weight is 281 g/mol. The summed E-state index contributed by atoms with van der Waals surface area (Å²) in [7, 11) is -4.20. The van der Waals surface area contributed by atoms with Gasteiger partial charge in [-0.05, 0) is 12.1 Å². The number of carboxylic acids is 1. The molecule has 1 aromatic carbocycles. The fourth-order valence-corrected chi connectivity index (χ4v) is 2.51. The Kier molecular flexibility index (Phi) is 5.09. The number of sulfone groups is 1. The lowest BCUT2D eigenvalue weighted by molar-refractivity contribution is -0.139. The summed E-state index contributed by atoms with van der Waals surface area (Å²) >= 11 is 0. The Labute approximate surface area is 105 Å². The molecule has 0 radical (unpaired) electrons. The third-order valence-electron chi connectivity index (χ3n) is 2.20. The normalized spacial score (nSPS) is 14.5.